The van der Waals surface area contributed by atoms with Crippen LogP contribution in [0.1, 0.15) is 26.7 Å². The van der Waals surface area contributed by atoms with Crippen molar-refractivity contribution in [3.63, 3.8) is 0 Å². The fourth-order valence-electron chi connectivity index (χ4n) is 2.68. The van der Waals surface area contributed by atoms with Gasteiger partial charge in [-0.2, -0.15) is 0 Å². The van der Waals surface area contributed by atoms with Gasteiger partial charge in [0.1, 0.15) is 5.75 Å². The standard InChI is InChI=1S/C16H23ClN2O2.ClH/c1-11(18)13-7-9-19(10-8-13)16(20)12(2)21-15-6-4-3-5-14(15)17;/h3-6,11-13H,7-10,18H2,1-2H3;1H. The molecule has 1 amide bonds. The van der Waals surface area contributed by atoms with Gasteiger partial charge in [-0.3, -0.25) is 4.79 Å². The van der Waals surface area contributed by atoms with Crippen LogP contribution in [-0.4, -0.2) is 36.0 Å². The highest BCUT2D eigenvalue weighted by molar-refractivity contribution is 6.32. The van der Waals surface area contributed by atoms with E-state index in [1.165, 1.54) is 0 Å². The molecule has 1 saturated heterocycles. The maximum atomic E-state index is 12.4. The van der Waals surface area contributed by atoms with E-state index in [4.69, 9.17) is 22.1 Å². The molecule has 2 unspecified atom stereocenters. The van der Waals surface area contributed by atoms with Crippen molar-refractivity contribution in [2.24, 2.45) is 11.7 Å². The van der Waals surface area contributed by atoms with E-state index in [2.05, 4.69) is 0 Å². The number of piperidine rings is 1. The fraction of sp³-hybridized carbons (Fsp3) is 0.562. The molecule has 1 aromatic carbocycles. The lowest BCUT2D eigenvalue weighted by molar-refractivity contribution is -0.139. The molecule has 4 nitrogen and oxygen atoms in total. The van der Waals surface area contributed by atoms with E-state index in [9.17, 15) is 4.79 Å². The highest BCUT2D eigenvalue weighted by Gasteiger charge is 2.28. The van der Waals surface area contributed by atoms with Crippen LogP contribution in [0, 0.1) is 5.92 Å². The van der Waals surface area contributed by atoms with Crippen molar-refractivity contribution >= 4 is 29.9 Å². The van der Waals surface area contributed by atoms with Crippen molar-refractivity contribution in [1.29, 1.82) is 0 Å². The SMILES string of the molecule is CC(Oc1ccccc1Cl)C(=O)N1CCC(C(C)N)CC1.Cl. The summed E-state index contributed by atoms with van der Waals surface area (Å²) in [5.41, 5.74) is 5.92. The number of amides is 1. The summed E-state index contributed by atoms with van der Waals surface area (Å²) in [4.78, 5) is 14.3. The Balaban J connectivity index is 0.00000242. The van der Waals surface area contributed by atoms with E-state index in [0.717, 1.165) is 25.9 Å². The predicted octanol–water partition coefficient (Wildman–Crippen LogP) is 3.11. The number of para-hydroxylation sites is 1. The van der Waals surface area contributed by atoms with Gasteiger partial charge in [0.15, 0.2) is 6.10 Å². The summed E-state index contributed by atoms with van der Waals surface area (Å²) in [5.74, 6) is 1.07. The van der Waals surface area contributed by atoms with Crippen LogP contribution in [0.25, 0.3) is 0 Å². The number of hydrogen-bond acceptors (Lipinski definition) is 3. The van der Waals surface area contributed by atoms with Crippen molar-refractivity contribution in [3.05, 3.63) is 29.3 Å². The molecule has 0 radical (unpaired) electrons. The Morgan fingerprint density at radius 3 is 2.45 bits per heavy atom. The van der Waals surface area contributed by atoms with Crippen LogP contribution in [0.3, 0.4) is 0 Å². The molecule has 2 rings (SSSR count). The lowest BCUT2D eigenvalue weighted by atomic mass is 9.91. The molecule has 0 aromatic heterocycles. The van der Waals surface area contributed by atoms with Crippen LogP contribution < -0.4 is 10.5 Å². The van der Waals surface area contributed by atoms with Gasteiger partial charge in [0.05, 0.1) is 5.02 Å². The topological polar surface area (TPSA) is 55.6 Å². The monoisotopic (exact) mass is 346 g/mol. The Labute approximate surface area is 143 Å². The highest BCUT2D eigenvalue weighted by atomic mass is 35.5. The maximum Gasteiger partial charge on any atom is 0.263 e. The molecule has 6 heteroatoms. The number of halogens is 2. The van der Waals surface area contributed by atoms with Crippen LogP contribution in [0.4, 0.5) is 0 Å². The number of nitrogens with zero attached hydrogens (tertiary/aromatic N) is 1. The molecule has 2 atom stereocenters. The number of carbonyl (C=O) groups excluding carboxylic acids is 1. The largest absolute Gasteiger partial charge is 0.479 e. The zero-order chi connectivity index (χ0) is 15.4. The summed E-state index contributed by atoms with van der Waals surface area (Å²) in [6.45, 7) is 5.30. The van der Waals surface area contributed by atoms with Crippen molar-refractivity contribution in [3.8, 4) is 5.75 Å². The Morgan fingerprint density at radius 2 is 1.91 bits per heavy atom. The quantitative estimate of drug-likeness (QED) is 0.911. The molecule has 0 bridgehead atoms. The third-order valence-corrected chi connectivity index (χ3v) is 4.40. The lowest BCUT2D eigenvalue weighted by Crippen LogP contribution is -2.46. The third kappa shape index (κ3) is 4.77. The number of ether oxygens (including phenoxy) is 1. The Morgan fingerprint density at radius 1 is 1.32 bits per heavy atom. The number of carbonyl (C=O) groups is 1. The number of nitrogens with two attached hydrogens (primary N) is 1. The van der Waals surface area contributed by atoms with Gasteiger partial charge in [-0.25, -0.2) is 0 Å². The van der Waals surface area contributed by atoms with Gasteiger partial charge in [-0.1, -0.05) is 23.7 Å². The molecule has 0 spiro atoms. The summed E-state index contributed by atoms with van der Waals surface area (Å²) >= 11 is 6.05. The maximum absolute atomic E-state index is 12.4. The van der Waals surface area contributed by atoms with E-state index >= 15 is 0 Å². The molecule has 1 fully saturated rings. The Kier molecular flexibility index (Phi) is 7.46. The van der Waals surface area contributed by atoms with E-state index in [-0.39, 0.29) is 24.4 Å². The van der Waals surface area contributed by atoms with E-state index in [1.807, 2.05) is 24.0 Å². The lowest BCUT2D eigenvalue weighted by Gasteiger charge is -2.35. The minimum atomic E-state index is -0.531. The fourth-order valence-corrected chi connectivity index (χ4v) is 2.86. The smallest absolute Gasteiger partial charge is 0.263 e. The summed E-state index contributed by atoms with van der Waals surface area (Å²) in [5, 5.41) is 0.521. The first-order valence-corrected chi connectivity index (χ1v) is 7.82. The third-order valence-electron chi connectivity index (χ3n) is 4.08. The molecule has 1 aromatic rings. The van der Waals surface area contributed by atoms with Gasteiger partial charge in [0.25, 0.3) is 5.91 Å². The zero-order valence-corrected chi connectivity index (χ0v) is 14.6. The van der Waals surface area contributed by atoms with Gasteiger partial charge in [0, 0.05) is 19.1 Å². The minimum Gasteiger partial charge on any atom is -0.479 e. The van der Waals surface area contributed by atoms with Crippen LogP contribution in [0.15, 0.2) is 24.3 Å². The van der Waals surface area contributed by atoms with Crippen LogP contribution in [0.5, 0.6) is 5.75 Å². The van der Waals surface area contributed by atoms with Crippen LogP contribution in [-0.2, 0) is 4.79 Å². The van der Waals surface area contributed by atoms with Crippen molar-refractivity contribution in [1.82, 2.24) is 4.90 Å². The Bertz CT molecular complexity index is 489. The van der Waals surface area contributed by atoms with Crippen LogP contribution in [0.2, 0.25) is 5.02 Å². The normalized spacial score (nSPS) is 18.3. The highest BCUT2D eigenvalue weighted by Crippen LogP contribution is 2.25. The Hall–Kier alpha value is -0.970. The molecule has 2 N–H and O–H groups in total. The molecular weight excluding hydrogens is 323 g/mol. The molecule has 1 aliphatic rings. The molecule has 1 heterocycles. The van der Waals surface area contributed by atoms with Crippen molar-refractivity contribution < 1.29 is 9.53 Å². The molecular formula is C16H24Cl2N2O2. The second-order valence-electron chi connectivity index (χ2n) is 5.71. The van der Waals surface area contributed by atoms with E-state index in [0.29, 0.717) is 16.7 Å². The summed E-state index contributed by atoms with van der Waals surface area (Å²) < 4.78 is 5.69. The predicted molar refractivity (Wildman–Crippen MR) is 91.7 cm³/mol. The first-order chi connectivity index (χ1) is 9.99. The van der Waals surface area contributed by atoms with E-state index in [1.54, 1.807) is 19.1 Å². The van der Waals surface area contributed by atoms with Gasteiger partial charge < -0.3 is 15.4 Å². The second kappa shape index (κ2) is 8.61. The minimum absolute atomic E-state index is 0. The molecule has 22 heavy (non-hydrogen) atoms. The van der Waals surface area contributed by atoms with E-state index < -0.39 is 6.10 Å². The average molecular weight is 347 g/mol. The zero-order valence-electron chi connectivity index (χ0n) is 13.0. The number of hydrogen-bond donors (Lipinski definition) is 1. The first-order valence-electron chi connectivity index (χ1n) is 7.44. The number of likely N-dealkylation sites (tertiary alicyclic amines) is 1. The van der Waals surface area contributed by atoms with Gasteiger partial charge >= 0.3 is 0 Å². The second-order valence-corrected chi connectivity index (χ2v) is 6.12. The first kappa shape index (κ1) is 19.1. The van der Waals surface area contributed by atoms with Crippen molar-refractivity contribution in [2.75, 3.05) is 13.1 Å². The average Bonchev–Trinajstić information content (AvgIpc) is 2.49. The van der Waals surface area contributed by atoms with Gasteiger partial charge in [0.2, 0.25) is 0 Å². The van der Waals surface area contributed by atoms with Gasteiger partial charge in [-0.15, -0.1) is 12.4 Å². The molecule has 0 aliphatic carbocycles. The summed E-state index contributed by atoms with van der Waals surface area (Å²) in [6.07, 6.45) is 1.39. The summed E-state index contributed by atoms with van der Waals surface area (Å²) in [6, 6.07) is 7.39. The number of benzene rings is 1. The molecule has 0 saturated carbocycles. The van der Waals surface area contributed by atoms with Crippen LogP contribution >= 0.6 is 24.0 Å². The summed E-state index contributed by atoms with van der Waals surface area (Å²) in [7, 11) is 0. The number of rotatable bonds is 4. The van der Waals surface area contributed by atoms with Crippen molar-refractivity contribution in [2.45, 2.75) is 38.8 Å². The molecule has 124 valence electrons. The van der Waals surface area contributed by atoms with Gasteiger partial charge in [-0.05, 0) is 44.7 Å². The molecule has 1 aliphatic heterocycles.